The standard InChI is InChI=1S/C19H21NO4/c1-23-18-13-15(8-10-19(22)20-11-12-21)7-9-17(18)24-14-16-5-3-2-4-6-16/h2-10,13,21H,11-12,14H2,1H3,(H,20,22)/b10-8+. The Morgan fingerprint density at radius 1 is 1.17 bits per heavy atom. The highest BCUT2D eigenvalue weighted by molar-refractivity contribution is 5.91. The molecule has 0 aliphatic carbocycles. The van der Waals surface area contributed by atoms with Crippen LogP contribution in [0, 0.1) is 0 Å². The maximum Gasteiger partial charge on any atom is 0.244 e. The Morgan fingerprint density at radius 3 is 2.67 bits per heavy atom. The minimum absolute atomic E-state index is 0.0825. The number of benzene rings is 2. The summed E-state index contributed by atoms with van der Waals surface area (Å²) in [4.78, 5) is 11.5. The first-order valence-electron chi connectivity index (χ1n) is 7.64. The second-order valence-electron chi connectivity index (χ2n) is 5.03. The summed E-state index contributed by atoms with van der Waals surface area (Å²) in [5, 5.41) is 11.2. The monoisotopic (exact) mass is 327 g/mol. The van der Waals surface area contributed by atoms with Crippen molar-refractivity contribution in [3.63, 3.8) is 0 Å². The molecule has 0 aromatic heterocycles. The number of amides is 1. The van der Waals surface area contributed by atoms with Gasteiger partial charge in [0, 0.05) is 12.6 Å². The van der Waals surface area contributed by atoms with Crippen LogP contribution in [0.3, 0.4) is 0 Å². The van der Waals surface area contributed by atoms with E-state index in [1.54, 1.807) is 19.3 Å². The zero-order chi connectivity index (χ0) is 17.2. The first kappa shape index (κ1) is 17.6. The molecule has 0 fully saturated rings. The van der Waals surface area contributed by atoms with Crippen molar-refractivity contribution < 1.29 is 19.4 Å². The second-order valence-corrected chi connectivity index (χ2v) is 5.03. The first-order valence-corrected chi connectivity index (χ1v) is 7.64. The lowest BCUT2D eigenvalue weighted by Gasteiger charge is -2.11. The van der Waals surface area contributed by atoms with Crippen LogP contribution in [0.15, 0.2) is 54.6 Å². The number of carbonyl (C=O) groups excluding carboxylic acids is 1. The molecule has 0 heterocycles. The van der Waals surface area contributed by atoms with Crippen LogP contribution in [0.4, 0.5) is 0 Å². The Morgan fingerprint density at radius 2 is 1.96 bits per heavy atom. The summed E-state index contributed by atoms with van der Waals surface area (Å²) in [6.07, 6.45) is 3.09. The Kier molecular flexibility index (Phi) is 6.86. The molecule has 0 radical (unpaired) electrons. The summed E-state index contributed by atoms with van der Waals surface area (Å²) in [6, 6.07) is 15.3. The van der Waals surface area contributed by atoms with Gasteiger partial charge in [0.1, 0.15) is 6.61 Å². The summed E-state index contributed by atoms with van der Waals surface area (Å²) in [5.74, 6) is 0.986. The number of nitrogens with one attached hydrogen (secondary N) is 1. The number of methoxy groups -OCH3 is 1. The molecule has 2 N–H and O–H groups in total. The Labute approximate surface area is 141 Å². The molecule has 2 rings (SSSR count). The predicted molar refractivity (Wildman–Crippen MR) is 92.9 cm³/mol. The van der Waals surface area contributed by atoms with Crippen molar-refractivity contribution in [2.45, 2.75) is 6.61 Å². The molecule has 1 amide bonds. The summed E-state index contributed by atoms with van der Waals surface area (Å²) in [7, 11) is 1.58. The number of carbonyl (C=O) groups is 1. The fourth-order valence-corrected chi connectivity index (χ4v) is 2.05. The third kappa shape index (κ3) is 5.44. The summed E-state index contributed by atoms with van der Waals surface area (Å²) >= 11 is 0. The fraction of sp³-hybridized carbons (Fsp3) is 0.211. The lowest BCUT2D eigenvalue weighted by atomic mass is 10.2. The maximum atomic E-state index is 11.5. The van der Waals surface area contributed by atoms with Gasteiger partial charge in [0.25, 0.3) is 0 Å². The van der Waals surface area contributed by atoms with Gasteiger partial charge in [-0.05, 0) is 29.3 Å². The van der Waals surface area contributed by atoms with Gasteiger partial charge in [0.05, 0.1) is 13.7 Å². The summed E-state index contributed by atoms with van der Waals surface area (Å²) < 4.78 is 11.1. The smallest absolute Gasteiger partial charge is 0.244 e. The molecule has 5 heteroatoms. The number of hydrogen-bond donors (Lipinski definition) is 2. The molecule has 0 spiro atoms. The van der Waals surface area contributed by atoms with Crippen LogP contribution >= 0.6 is 0 Å². The average molecular weight is 327 g/mol. The molecule has 0 atom stereocenters. The summed E-state index contributed by atoms with van der Waals surface area (Å²) in [5.41, 5.74) is 1.89. The maximum absolute atomic E-state index is 11.5. The molecule has 0 aliphatic rings. The van der Waals surface area contributed by atoms with E-state index < -0.39 is 0 Å². The molecule has 2 aromatic rings. The van der Waals surface area contributed by atoms with Crippen LogP contribution in [0.25, 0.3) is 6.08 Å². The number of hydrogen-bond acceptors (Lipinski definition) is 4. The van der Waals surface area contributed by atoms with Gasteiger partial charge in [-0.3, -0.25) is 4.79 Å². The van der Waals surface area contributed by atoms with E-state index in [1.807, 2.05) is 42.5 Å². The average Bonchev–Trinajstić information content (AvgIpc) is 2.64. The lowest BCUT2D eigenvalue weighted by Crippen LogP contribution is -2.24. The van der Waals surface area contributed by atoms with Gasteiger partial charge in [-0.25, -0.2) is 0 Å². The molecule has 0 aliphatic heterocycles. The SMILES string of the molecule is COc1cc(/C=C/C(=O)NCCO)ccc1OCc1ccccc1. The topological polar surface area (TPSA) is 67.8 Å². The fourth-order valence-electron chi connectivity index (χ4n) is 2.05. The largest absolute Gasteiger partial charge is 0.493 e. The van der Waals surface area contributed by atoms with Crippen molar-refractivity contribution in [2.24, 2.45) is 0 Å². The van der Waals surface area contributed by atoms with Crippen LogP contribution < -0.4 is 14.8 Å². The van der Waals surface area contributed by atoms with Gasteiger partial charge in [0.2, 0.25) is 5.91 Å². The minimum atomic E-state index is -0.257. The zero-order valence-electron chi connectivity index (χ0n) is 13.6. The van der Waals surface area contributed by atoms with Gasteiger partial charge in [-0.1, -0.05) is 36.4 Å². The minimum Gasteiger partial charge on any atom is -0.493 e. The Hall–Kier alpha value is -2.79. The van der Waals surface area contributed by atoms with E-state index in [0.29, 0.717) is 18.1 Å². The molecular weight excluding hydrogens is 306 g/mol. The molecule has 2 aromatic carbocycles. The second kappa shape index (κ2) is 9.37. The van der Waals surface area contributed by atoms with E-state index in [9.17, 15) is 4.79 Å². The van der Waals surface area contributed by atoms with E-state index in [-0.39, 0.29) is 19.1 Å². The van der Waals surface area contributed by atoms with E-state index in [0.717, 1.165) is 11.1 Å². The van der Waals surface area contributed by atoms with Gasteiger partial charge in [0.15, 0.2) is 11.5 Å². The molecule has 126 valence electrons. The van der Waals surface area contributed by atoms with Crippen LogP contribution in [-0.4, -0.2) is 31.3 Å². The third-order valence-electron chi connectivity index (χ3n) is 3.26. The lowest BCUT2D eigenvalue weighted by molar-refractivity contribution is -0.116. The van der Waals surface area contributed by atoms with Crippen LogP contribution in [-0.2, 0) is 11.4 Å². The predicted octanol–water partition coefficient (Wildman–Crippen LogP) is 2.40. The van der Waals surface area contributed by atoms with Crippen molar-refractivity contribution in [3.05, 3.63) is 65.7 Å². The quantitative estimate of drug-likeness (QED) is 0.731. The van der Waals surface area contributed by atoms with Crippen LogP contribution in [0.1, 0.15) is 11.1 Å². The highest BCUT2D eigenvalue weighted by Crippen LogP contribution is 2.29. The van der Waals surface area contributed by atoms with E-state index >= 15 is 0 Å². The molecule has 5 nitrogen and oxygen atoms in total. The highest BCUT2D eigenvalue weighted by Gasteiger charge is 2.05. The van der Waals surface area contributed by atoms with Crippen LogP contribution in [0.2, 0.25) is 0 Å². The van der Waals surface area contributed by atoms with Crippen molar-refractivity contribution >= 4 is 12.0 Å². The molecule has 0 saturated heterocycles. The number of aliphatic hydroxyl groups excluding tert-OH is 1. The number of aliphatic hydroxyl groups is 1. The normalized spacial score (nSPS) is 10.6. The molecule has 0 saturated carbocycles. The first-order chi connectivity index (χ1) is 11.7. The van der Waals surface area contributed by atoms with Gasteiger partial charge in [-0.2, -0.15) is 0 Å². The van der Waals surface area contributed by atoms with Crippen molar-refractivity contribution in [1.29, 1.82) is 0 Å². The molecule has 0 unspecified atom stereocenters. The van der Waals surface area contributed by atoms with Crippen molar-refractivity contribution in [1.82, 2.24) is 5.32 Å². The third-order valence-corrected chi connectivity index (χ3v) is 3.26. The highest BCUT2D eigenvalue weighted by atomic mass is 16.5. The molecule has 0 bridgehead atoms. The Bertz CT molecular complexity index is 683. The van der Waals surface area contributed by atoms with Crippen molar-refractivity contribution in [2.75, 3.05) is 20.3 Å². The number of ether oxygens (including phenoxy) is 2. The molecule has 24 heavy (non-hydrogen) atoms. The van der Waals surface area contributed by atoms with E-state index in [4.69, 9.17) is 14.6 Å². The van der Waals surface area contributed by atoms with E-state index in [1.165, 1.54) is 6.08 Å². The van der Waals surface area contributed by atoms with Gasteiger partial charge < -0.3 is 19.9 Å². The van der Waals surface area contributed by atoms with Crippen LogP contribution in [0.5, 0.6) is 11.5 Å². The summed E-state index contributed by atoms with van der Waals surface area (Å²) in [6.45, 7) is 0.607. The van der Waals surface area contributed by atoms with Crippen molar-refractivity contribution in [3.8, 4) is 11.5 Å². The zero-order valence-corrected chi connectivity index (χ0v) is 13.6. The molecular formula is C19H21NO4. The Balaban J connectivity index is 2.01. The number of rotatable bonds is 8. The van der Waals surface area contributed by atoms with E-state index in [2.05, 4.69) is 5.32 Å². The van der Waals surface area contributed by atoms with Gasteiger partial charge in [-0.15, -0.1) is 0 Å². The van der Waals surface area contributed by atoms with Gasteiger partial charge >= 0.3 is 0 Å².